The van der Waals surface area contributed by atoms with Gasteiger partial charge in [-0.2, -0.15) is 5.10 Å². The number of aromatic nitrogens is 3. The molecule has 0 fully saturated rings. The average Bonchev–Trinajstić information content (AvgIpc) is 3.20. The van der Waals surface area contributed by atoms with Gasteiger partial charge in [0.15, 0.2) is 0 Å². The molecule has 4 rings (SSSR count). The van der Waals surface area contributed by atoms with E-state index >= 15 is 0 Å². The normalized spacial score (nSPS) is 13.3. The molecule has 1 N–H and O–H groups in total. The maximum absolute atomic E-state index is 6.14. The molecule has 0 amide bonds. The van der Waals surface area contributed by atoms with Crippen molar-refractivity contribution < 1.29 is 0 Å². The molecule has 0 unspecified atom stereocenters. The number of hydrogen-bond donors (Lipinski definition) is 1. The molecule has 0 bridgehead atoms. The van der Waals surface area contributed by atoms with Crippen molar-refractivity contribution in [2.75, 3.05) is 5.01 Å². The number of rotatable bonds is 4. The molecule has 0 aliphatic carbocycles. The summed E-state index contributed by atoms with van der Waals surface area (Å²) in [5.74, 6) is 0. The van der Waals surface area contributed by atoms with E-state index < -0.39 is 0 Å². The van der Waals surface area contributed by atoms with Crippen molar-refractivity contribution in [2.45, 2.75) is 19.6 Å². The first kappa shape index (κ1) is 14.2. The molecule has 0 spiro atoms. The van der Waals surface area contributed by atoms with Crippen LogP contribution in [0.4, 0.5) is 5.69 Å². The van der Waals surface area contributed by atoms with Crippen LogP contribution in [0.1, 0.15) is 16.7 Å². The summed E-state index contributed by atoms with van der Waals surface area (Å²) in [4.78, 5) is 4.13. The number of benzene rings is 1. The number of hydrogen-bond acceptors (Lipinski definition) is 4. The zero-order chi connectivity index (χ0) is 15.6. The van der Waals surface area contributed by atoms with E-state index in [1.807, 2.05) is 23.0 Å². The lowest BCUT2D eigenvalue weighted by Gasteiger charge is -2.19. The van der Waals surface area contributed by atoms with E-state index in [-0.39, 0.29) is 0 Å². The molecule has 3 heterocycles. The SMILES string of the molecule is Clc1nccc2c1CNN2Cc1ccc(Cn2cccn2)cc1. The third kappa shape index (κ3) is 2.93. The van der Waals surface area contributed by atoms with Crippen LogP contribution in [0.3, 0.4) is 0 Å². The minimum Gasteiger partial charge on any atom is -0.303 e. The Kier molecular flexibility index (Phi) is 3.73. The lowest BCUT2D eigenvalue weighted by atomic mass is 10.1. The Morgan fingerprint density at radius 2 is 1.83 bits per heavy atom. The molecule has 116 valence electrons. The molecule has 5 nitrogen and oxygen atoms in total. The number of anilines is 1. The predicted octanol–water partition coefficient (Wildman–Crippen LogP) is 3.00. The van der Waals surface area contributed by atoms with Gasteiger partial charge in [0, 0.05) is 30.7 Å². The van der Waals surface area contributed by atoms with Crippen LogP contribution in [0.15, 0.2) is 55.0 Å². The Labute approximate surface area is 139 Å². The van der Waals surface area contributed by atoms with Crippen LogP contribution in [-0.4, -0.2) is 14.8 Å². The monoisotopic (exact) mass is 325 g/mol. The first-order valence-electron chi connectivity index (χ1n) is 7.49. The van der Waals surface area contributed by atoms with Crippen molar-refractivity contribution in [1.29, 1.82) is 0 Å². The van der Waals surface area contributed by atoms with Crippen molar-refractivity contribution in [3.05, 3.63) is 76.8 Å². The van der Waals surface area contributed by atoms with E-state index in [0.29, 0.717) is 5.15 Å². The molecule has 1 aromatic carbocycles. The van der Waals surface area contributed by atoms with Crippen LogP contribution >= 0.6 is 11.6 Å². The van der Waals surface area contributed by atoms with E-state index in [4.69, 9.17) is 11.6 Å². The maximum atomic E-state index is 6.14. The molecule has 2 aromatic heterocycles. The molecule has 0 atom stereocenters. The Morgan fingerprint density at radius 1 is 1.04 bits per heavy atom. The second-order valence-corrected chi connectivity index (χ2v) is 5.90. The van der Waals surface area contributed by atoms with Gasteiger partial charge in [0.2, 0.25) is 0 Å². The molecule has 0 radical (unpaired) electrons. The van der Waals surface area contributed by atoms with Gasteiger partial charge < -0.3 is 5.01 Å². The molecular weight excluding hydrogens is 310 g/mol. The number of fused-ring (bicyclic) bond motifs is 1. The zero-order valence-electron chi connectivity index (χ0n) is 12.5. The maximum Gasteiger partial charge on any atom is 0.135 e. The van der Waals surface area contributed by atoms with Crippen molar-refractivity contribution in [1.82, 2.24) is 20.2 Å². The topological polar surface area (TPSA) is 46.0 Å². The van der Waals surface area contributed by atoms with E-state index in [0.717, 1.165) is 30.9 Å². The first-order valence-corrected chi connectivity index (χ1v) is 7.87. The lowest BCUT2D eigenvalue weighted by Crippen LogP contribution is -2.31. The number of pyridine rings is 1. The number of nitrogens with zero attached hydrogens (tertiary/aromatic N) is 4. The summed E-state index contributed by atoms with van der Waals surface area (Å²) >= 11 is 6.14. The molecule has 1 aliphatic rings. The van der Waals surface area contributed by atoms with Gasteiger partial charge in [0.05, 0.1) is 18.8 Å². The van der Waals surface area contributed by atoms with Gasteiger partial charge in [-0.15, -0.1) is 0 Å². The summed E-state index contributed by atoms with van der Waals surface area (Å²) in [6, 6.07) is 12.5. The van der Waals surface area contributed by atoms with Gasteiger partial charge in [0.1, 0.15) is 5.15 Å². The number of nitrogens with one attached hydrogen (secondary N) is 1. The Bertz CT molecular complexity index is 798. The standard InChI is InChI=1S/C17H16ClN5/c18-17-15-10-21-23(16(15)6-8-19-17)12-14-4-2-13(3-5-14)11-22-9-1-7-20-22/h1-9,21H,10-12H2. The third-order valence-corrected chi connectivity index (χ3v) is 4.31. The minimum atomic E-state index is 0.576. The second kappa shape index (κ2) is 6.02. The van der Waals surface area contributed by atoms with E-state index in [2.05, 4.69) is 44.8 Å². The third-order valence-electron chi connectivity index (χ3n) is 3.98. The summed E-state index contributed by atoms with van der Waals surface area (Å²) in [5, 5.41) is 6.92. The van der Waals surface area contributed by atoms with Gasteiger partial charge in [0.25, 0.3) is 0 Å². The number of hydrazine groups is 1. The summed E-state index contributed by atoms with van der Waals surface area (Å²) in [6.45, 7) is 2.30. The predicted molar refractivity (Wildman–Crippen MR) is 90.0 cm³/mol. The van der Waals surface area contributed by atoms with Crippen LogP contribution in [0.2, 0.25) is 5.15 Å². The van der Waals surface area contributed by atoms with Crippen molar-refractivity contribution in [3.8, 4) is 0 Å². The Morgan fingerprint density at radius 3 is 2.57 bits per heavy atom. The highest BCUT2D eigenvalue weighted by Crippen LogP contribution is 2.30. The Balaban J connectivity index is 1.47. The fourth-order valence-corrected chi connectivity index (χ4v) is 3.01. The summed E-state index contributed by atoms with van der Waals surface area (Å²) < 4.78 is 1.92. The van der Waals surface area contributed by atoms with Gasteiger partial charge in [-0.05, 0) is 23.3 Å². The Hall–Kier alpha value is -2.37. The average molecular weight is 326 g/mol. The molecule has 0 saturated carbocycles. The largest absolute Gasteiger partial charge is 0.303 e. The van der Waals surface area contributed by atoms with Crippen LogP contribution in [0, 0.1) is 0 Å². The van der Waals surface area contributed by atoms with Gasteiger partial charge in [-0.1, -0.05) is 35.9 Å². The fraction of sp³-hybridized carbons (Fsp3) is 0.176. The van der Waals surface area contributed by atoms with Crippen LogP contribution in [-0.2, 0) is 19.6 Å². The van der Waals surface area contributed by atoms with Gasteiger partial charge in [-0.25, -0.2) is 10.4 Å². The highest BCUT2D eigenvalue weighted by atomic mass is 35.5. The zero-order valence-corrected chi connectivity index (χ0v) is 13.2. The smallest absolute Gasteiger partial charge is 0.135 e. The molecule has 1 aliphatic heterocycles. The molecule has 0 saturated heterocycles. The van der Waals surface area contributed by atoms with E-state index in [9.17, 15) is 0 Å². The highest BCUT2D eigenvalue weighted by molar-refractivity contribution is 6.30. The first-order chi connectivity index (χ1) is 11.3. The van der Waals surface area contributed by atoms with Crippen molar-refractivity contribution in [3.63, 3.8) is 0 Å². The molecular formula is C17H16ClN5. The summed E-state index contributed by atoms with van der Waals surface area (Å²) in [5.41, 5.74) is 7.99. The van der Waals surface area contributed by atoms with Crippen molar-refractivity contribution in [2.24, 2.45) is 0 Å². The van der Waals surface area contributed by atoms with Gasteiger partial charge in [-0.3, -0.25) is 4.68 Å². The van der Waals surface area contributed by atoms with E-state index in [1.54, 1.807) is 12.4 Å². The quantitative estimate of drug-likeness (QED) is 0.749. The van der Waals surface area contributed by atoms with Crippen LogP contribution < -0.4 is 10.4 Å². The van der Waals surface area contributed by atoms with Gasteiger partial charge >= 0.3 is 0 Å². The van der Waals surface area contributed by atoms with Crippen LogP contribution in [0.25, 0.3) is 0 Å². The minimum absolute atomic E-state index is 0.576. The number of halogens is 1. The molecule has 3 aromatic rings. The second-order valence-electron chi connectivity index (χ2n) is 5.54. The van der Waals surface area contributed by atoms with E-state index in [1.165, 1.54) is 11.1 Å². The fourth-order valence-electron chi connectivity index (χ4n) is 2.79. The molecule has 6 heteroatoms. The highest BCUT2D eigenvalue weighted by Gasteiger charge is 2.21. The lowest BCUT2D eigenvalue weighted by molar-refractivity contribution is 0.666. The van der Waals surface area contributed by atoms with Crippen molar-refractivity contribution >= 4 is 17.3 Å². The molecule has 23 heavy (non-hydrogen) atoms. The summed E-state index contributed by atoms with van der Waals surface area (Å²) in [6.07, 6.45) is 5.51. The summed E-state index contributed by atoms with van der Waals surface area (Å²) in [7, 11) is 0. The van der Waals surface area contributed by atoms with Crippen LogP contribution in [0.5, 0.6) is 0 Å².